The number of hydrogen-bond donors (Lipinski definition) is 1. The van der Waals surface area contributed by atoms with Crippen molar-refractivity contribution in [1.82, 2.24) is 20.0 Å². The van der Waals surface area contributed by atoms with E-state index in [-0.39, 0.29) is 0 Å². The van der Waals surface area contributed by atoms with Gasteiger partial charge in [-0.3, -0.25) is 4.68 Å². The van der Waals surface area contributed by atoms with Gasteiger partial charge in [-0.15, -0.1) is 10.2 Å². The molecule has 0 aliphatic rings. The van der Waals surface area contributed by atoms with E-state index in [0.29, 0.717) is 5.13 Å². The Hall–Kier alpha value is -1.43. The van der Waals surface area contributed by atoms with E-state index in [9.17, 15) is 0 Å². The molecule has 0 amide bonds. The summed E-state index contributed by atoms with van der Waals surface area (Å²) >= 11 is 1.37. The molecule has 0 saturated heterocycles. The molecule has 13 heavy (non-hydrogen) atoms. The Labute approximate surface area is 79.2 Å². The lowest BCUT2D eigenvalue weighted by atomic mass is 10.4. The summed E-state index contributed by atoms with van der Waals surface area (Å²) < 4.78 is 1.84. The molecule has 0 spiro atoms. The van der Waals surface area contributed by atoms with Gasteiger partial charge < -0.3 is 5.73 Å². The van der Waals surface area contributed by atoms with Crippen molar-refractivity contribution in [2.75, 3.05) is 5.73 Å². The summed E-state index contributed by atoms with van der Waals surface area (Å²) in [6.45, 7) is 2.89. The van der Waals surface area contributed by atoms with Gasteiger partial charge in [-0.25, -0.2) is 0 Å². The van der Waals surface area contributed by atoms with Gasteiger partial charge in [0, 0.05) is 12.7 Å². The standard InChI is InChI=1S/C7H9N5S/c1-2-12-4-5(3-9-12)6-10-11-7(8)13-6/h3-4H,2H2,1H3,(H2,8,11). The molecule has 0 saturated carbocycles. The lowest BCUT2D eigenvalue weighted by Crippen LogP contribution is -1.91. The van der Waals surface area contributed by atoms with Gasteiger partial charge in [-0.05, 0) is 6.92 Å². The molecule has 6 heteroatoms. The van der Waals surface area contributed by atoms with E-state index in [1.54, 1.807) is 6.20 Å². The molecule has 2 heterocycles. The van der Waals surface area contributed by atoms with E-state index in [4.69, 9.17) is 5.73 Å². The van der Waals surface area contributed by atoms with Crippen molar-refractivity contribution in [3.63, 3.8) is 0 Å². The first-order valence-corrected chi connectivity index (χ1v) is 4.73. The molecule has 0 aliphatic carbocycles. The van der Waals surface area contributed by atoms with Crippen LogP contribution in [0.25, 0.3) is 10.6 Å². The molecule has 68 valence electrons. The normalized spacial score (nSPS) is 10.5. The average Bonchev–Trinajstić information content (AvgIpc) is 2.71. The van der Waals surface area contributed by atoms with Crippen molar-refractivity contribution in [2.24, 2.45) is 0 Å². The summed E-state index contributed by atoms with van der Waals surface area (Å²) in [5, 5.41) is 13.1. The van der Waals surface area contributed by atoms with Crippen LogP contribution in [0.4, 0.5) is 5.13 Å². The highest BCUT2D eigenvalue weighted by Gasteiger charge is 2.05. The van der Waals surface area contributed by atoms with Crippen molar-refractivity contribution in [2.45, 2.75) is 13.5 Å². The SMILES string of the molecule is CCn1cc(-c2nnc(N)s2)cn1. The molecular formula is C7H9N5S. The quantitative estimate of drug-likeness (QED) is 0.776. The molecule has 0 radical (unpaired) electrons. The summed E-state index contributed by atoms with van der Waals surface area (Å²) in [6, 6.07) is 0. The molecule has 2 aromatic heterocycles. The smallest absolute Gasteiger partial charge is 0.203 e. The first kappa shape index (κ1) is 8.18. The summed E-state index contributed by atoms with van der Waals surface area (Å²) in [5.74, 6) is 0. The van der Waals surface area contributed by atoms with E-state index in [2.05, 4.69) is 15.3 Å². The minimum Gasteiger partial charge on any atom is -0.374 e. The maximum atomic E-state index is 5.47. The maximum Gasteiger partial charge on any atom is 0.203 e. The van der Waals surface area contributed by atoms with Crippen LogP contribution in [0.15, 0.2) is 12.4 Å². The van der Waals surface area contributed by atoms with Crippen molar-refractivity contribution in [1.29, 1.82) is 0 Å². The number of nitrogens with zero attached hydrogens (tertiary/aromatic N) is 4. The summed E-state index contributed by atoms with van der Waals surface area (Å²) in [7, 11) is 0. The van der Waals surface area contributed by atoms with E-state index in [1.165, 1.54) is 11.3 Å². The lowest BCUT2D eigenvalue weighted by Gasteiger charge is -1.89. The zero-order chi connectivity index (χ0) is 9.26. The van der Waals surface area contributed by atoms with Crippen LogP contribution in [-0.4, -0.2) is 20.0 Å². The van der Waals surface area contributed by atoms with Crippen molar-refractivity contribution < 1.29 is 0 Å². The van der Waals surface area contributed by atoms with Gasteiger partial charge in [0.05, 0.1) is 11.8 Å². The van der Waals surface area contributed by atoms with Gasteiger partial charge in [0.25, 0.3) is 0 Å². The van der Waals surface area contributed by atoms with E-state index >= 15 is 0 Å². The van der Waals surface area contributed by atoms with Crippen molar-refractivity contribution in [3.8, 4) is 10.6 Å². The first-order valence-electron chi connectivity index (χ1n) is 3.91. The number of aromatic nitrogens is 4. The van der Waals surface area contributed by atoms with Crippen LogP contribution in [0.3, 0.4) is 0 Å². The molecule has 2 aromatic rings. The summed E-state index contributed by atoms with van der Waals surface area (Å²) in [6.07, 6.45) is 3.70. The van der Waals surface area contributed by atoms with Crippen LogP contribution in [0.2, 0.25) is 0 Å². The summed E-state index contributed by atoms with van der Waals surface area (Å²) in [5.41, 5.74) is 6.44. The van der Waals surface area contributed by atoms with Crippen LogP contribution in [-0.2, 0) is 6.54 Å². The number of rotatable bonds is 2. The van der Waals surface area contributed by atoms with Crippen LogP contribution in [0.1, 0.15) is 6.92 Å². The number of hydrogen-bond acceptors (Lipinski definition) is 5. The third-order valence-electron chi connectivity index (χ3n) is 1.64. The average molecular weight is 195 g/mol. The predicted octanol–water partition coefficient (Wildman–Crippen LogP) is 1.00. The van der Waals surface area contributed by atoms with Crippen molar-refractivity contribution >= 4 is 16.5 Å². The third-order valence-corrected chi connectivity index (χ3v) is 2.45. The molecule has 0 aliphatic heterocycles. The van der Waals surface area contributed by atoms with Crippen molar-refractivity contribution in [3.05, 3.63) is 12.4 Å². The van der Waals surface area contributed by atoms with Gasteiger partial charge in [0.15, 0.2) is 5.01 Å². The number of aryl methyl sites for hydroxylation is 1. The fraction of sp³-hybridized carbons (Fsp3) is 0.286. The van der Waals surface area contributed by atoms with Crippen LogP contribution < -0.4 is 5.73 Å². The second-order valence-corrected chi connectivity index (χ2v) is 3.54. The monoisotopic (exact) mass is 195 g/mol. The van der Waals surface area contributed by atoms with Crippen LogP contribution >= 0.6 is 11.3 Å². The molecule has 5 nitrogen and oxygen atoms in total. The Kier molecular flexibility index (Phi) is 1.97. The Morgan fingerprint density at radius 1 is 1.54 bits per heavy atom. The maximum absolute atomic E-state index is 5.47. The van der Waals surface area contributed by atoms with Crippen LogP contribution in [0.5, 0.6) is 0 Å². The number of nitrogen functional groups attached to an aromatic ring is 1. The Bertz CT molecular complexity index is 404. The Balaban J connectivity index is 2.35. The predicted molar refractivity (Wildman–Crippen MR) is 51.2 cm³/mol. The number of anilines is 1. The van der Waals surface area contributed by atoms with E-state index < -0.39 is 0 Å². The molecule has 0 fully saturated rings. The molecule has 0 unspecified atom stereocenters. The topological polar surface area (TPSA) is 69.6 Å². The van der Waals surface area contributed by atoms with E-state index in [0.717, 1.165) is 17.1 Å². The van der Waals surface area contributed by atoms with Gasteiger partial charge in [-0.1, -0.05) is 11.3 Å². The van der Waals surface area contributed by atoms with E-state index in [1.807, 2.05) is 17.8 Å². The fourth-order valence-corrected chi connectivity index (χ4v) is 1.58. The number of nitrogens with two attached hydrogens (primary N) is 1. The zero-order valence-corrected chi connectivity index (χ0v) is 7.95. The first-order chi connectivity index (χ1) is 6.29. The lowest BCUT2D eigenvalue weighted by molar-refractivity contribution is 0.660. The molecule has 2 rings (SSSR count). The molecule has 0 atom stereocenters. The van der Waals surface area contributed by atoms with Gasteiger partial charge in [-0.2, -0.15) is 5.10 Å². The highest BCUT2D eigenvalue weighted by atomic mass is 32.1. The van der Waals surface area contributed by atoms with Gasteiger partial charge in [0.2, 0.25) is 5.13 Å². The zero-order valence-electron chi connectivity index (χ0n) is 7.14. The largest absolute Gasteiger partial charge is 0.374 e. The minimum atomic E-state index is 0.485. The Morgan fingerprint density at radius 2 is 2.38 bits per heavy atom. The second kappa shape index (κ2) is 3.14. The van der Waals surface area contributed by atoms with Gasteiger partial charge >= 0.3 is 0 Å². The van der Waals surface area contributed by atoms with Crippen LogP contribution in [0, 0.1) is 0 Å². The third kappa shape index (κ3) is 1.52. The minimum absolute atomic E-state index is 0.485. The highest BCUT2D eigenvalue weighted by molar-refractivity contribution is 7.18. The molecular weight excluding hydrogens is 186 g/mol. The van der Waals surface area contributed by atoms with Gasteiger partial charge in [0.1, 0.15) is 0 Å². The molecule has 0 aromatic carbocycles. The second-order valence-electron chi connectivity index (χ2n) is 2.53. The Morgan fingerprint density at radius 3 is 2.92 bits per heavy atom. The summed E-state index contributed by atoms with van der Waals surface area (Å²) in [4.78, 5) is 0. The molecule has 2 N–H and O–H groups in total. The fourth-order valence-electron chi connectivity index (χ4n) is 0.998. The highest BCUT2D eigenvalue weighted by Crippen LogP contribution is 2.23. The molecule has 0 bridgehead atoms.